The normalized spacial score (nSPS) is 10.2. The van der Waals surface area contributed by atoms with Crippen molar-refractivity contribution in [1.29, 1.82) is 0 Å². The lowest BCUT2D eigenvalue weighted by Gasteiger charge is -2.09. The van der Waals surface area contributed by atoms with E-state index in [-0.39, 0.29) is 11.5 Å². The van der Waals surface area contributed by atoms with Crippen molar-refractivity contribution in [2.75, 3.05) is 7.11 Å². The number of aromatic hydroxyl groups is 1. The molecule has 0 saturated heterocycles. The number of rotatable bonds is 3. The lowest BCUT2D eigenvalue weighted by atomic mass is 10.3. The second-order valence-electron chi connectivity index (χ2n) is 3.54. The molecule has 0 aromatic heterocycles. The van der Waals surface area contributed by atoms with Crippen LogP contribution in [0, 0.1) is 0 Å². The Bertz CT molecular complexity index is 550. The summed E-state index contributed by atoms with van der Waals surface area (Å²) in [4.78, 5) is 0. The fraction of sp³-hybridized carbons (Fsp3) is 0.0769. The number of hydrogen-bond donors (Lipinski definition) is 1. The number of phenols is 1. The van der Waals surface area contributed by atoms with E-state index in [1.54, 1.807) is 30.3 Å². The Morgan fingerprint density at radius 2 is 1.61 bits per heavy atom. The van der Waals surface area contributed by atoms with Crippen molar-refractivity contribution in [3.8, 4) is 23.0 Å². The third kappa shape index (κ3) is 3.00. The molecule has 0 bridgehead atoms. The summed E-state index contributed by atoms with van der Waals surface area (Å²) in [7, 11) is 1.53. The van der Waals surface area contributed by atoms with Crippen molar-refractivity contribution in [2.24, 2.45) is 0 Å². The van der Waals surface area contributed by atoms with E-state index < -0.39 is 0 Å². The Morgan fingerprint density at radius 3 is 2.22 bits per heavy atom. The number of ether oxygens (including phenoxy) is 2. The molecule has 0 heterocycles. The van der Waals surface area contributed by atoms with Gasteiger partial charge in [0.05, 0.1) is 7.11 Å². The summed E-state index contributed by atoms with van der Waals surface area (Å²) < 4.78 is 10.6. The van der Waals surface area contributed by atoms with Crippen LogP contribution in [0.15, 0.2) is 36.4 Å². The highest BCUT2D eigenvalue weighted by Crippen LogP contribution is 2.35. The number of methoxy groups -OCH3 is 1. The Morgan fingerprint density at radius 1 is 0.944 bits per heavy atom. The number of hydrogen-bond acceptors (Lipinski definition) is 3. The summed E-state index contributed by atoms with van der Waals surface area (Å²) in [6.45, 7) is 0. The van der Waals surface area contributed by atoms with Gasteiger partial charge in [-0.15, -0.1) is 0 Å². The summed E-state index contributed by atoms with van der Waals surface area (Å²) in [5.74, 6) is 1.30. The van der Waals surface area contributed by atoms with Gasteiger partial charge >= 0.3 is 0 Å². The minimum atomic E-state index is 0.00639. The molecule has 0 radical (unpaired) electrons. The summed E-state index contributed by atoms with van der Waals surface area (Å²) in [6, 6.07) is 9.50. The summed E-state index contributed by atoms with van der Waals surface area (Å²) in [6.07, 6.45) is 0. The standard InChI is InChI=1S/C13H10Cl2O3/c1-17-10-2-3-12(16)13(7-10)18-11-5-8(14)4-9(15)6-11/h2-7,16H,1H3. The number of benzene rings is 2. The highest BCUT2D eigenvalue weighted by molar-refractivity contribution is 6.34. The van der Waals surface area contributed by atoms with Crippen molar-refractivity contribution in [3.05, 3.63) is 46.4 Å². The van der Waals surface area contributed by atoms with Crippen LogP contribution < -0.4 is 9.47 Å². The molecule has 0 amide bonds. The van der Waals surface area contributed by atoms with Crippen LogP contribution in [0.5, 0.6) is 23.0 Å². The van der Waals surface area contributed by atoms with Crippen LogP contribution in [0.3, 0.4) is 0 Å². The summed E-state index contributed by atoms with van der Waals surface area (Å²) in [5, 5.41) is 10.6. The van der Waals surface area contributed by atoms with Gasteiger partial charge in [-0.05, 0) is 30.3 Å². The van der Waals surface area contributed by atoms with E-state index in [9.17, 15) is 5.11 Å². The van der Waals surface area contributed by atoms with E-state index in [1.807, 2.05) is 0 Å². The lowest BCUT2D eigenvalue weighted by Crippen LogP contribution is -1.88. The summed E-state index contributed by atoms with van der Waals surface area (Å²) in [5.41, 5.74) is 0. The van der Waals surface area contributed by atoms with Gasteiger partial charge in [-0.25, -0.2) is 0 Å². The van der Waals surface area contributed by atoms with Crippen LogP contribution in [-0.4, -0.2) is 12.2 Å². The van der Waals surface area contributed by atoms with Crippen molar-refractivity contribution >= 4 is 23.2 Å². The van der Waals surface area contributed by atoms with E-state index >= 15 is 0 Å². The zero-order chi connectivity index (χ0) is 13.1. The summed E-state index contributed by atoms with van der Waals surface area (Å²) >= 11 is 11.7. The molecule has 0 atom stereocenters. The van der Waals surface area contributed by atoms with Crippen molar-refractivity contribution < 1.29 is 14.6 Å². The average Bonchev–Trinajstić information content (AvgIpc) is 2.30. The van der Waals surface area contributed by atoms with Crippen molar-refractivity contribution in [1.82, 2.24) is 0 Å². The third-order valence-electron chi connectivity index (χ3n) is 2.23. The zero-order valence-electron chi connectivity index (χ0n) is 9.48. The monoisotopic (exact) mass is 284 g/mol. The van der Waals surface area contributed by atoms with Gasteiger partial charge in [0.2, 0.25) is 0 Å². The van der Waals surface area contributed by atoms with Crippen molar-refractivity contribution in [2.45, 2.75) is 0 Å². The minimum Gasteiger partial charge on any atom is -0.504 e. The minimum absolute atomic E-state index is 0.00639. The molecule has 1 N–H and O–H groups in total. The van der Waals surface area contributed by atoms with Crippen LogP contribution in [0.2, 0.25) is 10.0 Å². The highest BCUT2D eigenvalue weighted by atomic mass is 35.5. The van der Waals surface area contributed by atoms with Gasteiger partial charge in [-0.3, -0.25) is 0 Å². The van der Waals surface area contributed by atoms with E-state index in [0.717, 1.165) is 0 Å². The molecule has 2 aromatic rings. The number of halogens is 2. The van der Waals surface area contributed by atoms with Gasteiger partial charge in [-0.1, -0.05) is 23.2 Å². The molecular formula is C13H10Cl2O3. The molecule has 0 unspecified atom stereocenters. The molecule has 2 aromatic carbocycles. The van der Waals surface area contributed by atoms with E-state index in [0.29, 0.717) is 21.5 Å². The van der Waals surface area contributed by atoms with Crippen LogP contribution in [-0.2, 0) is 0 Å². The lowest BCUT2D eigenvalue weighted by molar-refractivity contribution is 0.391. The molecular weight excluding hydrogens is 275 g/mol. The second kappa shape index (κ2) is 5.38. The SMILES string of the molecule is COc1ccc(O)c(Oc2cc(Cl)cc(Cl)c2)c1. The van der Waals surface area contributed by atoms with Gasteiger partial charge in [0.15, 0.2) is 11.5 Å². The molecule has 3 nitrogen and oxygen atoms in total. The molecule has 94 valence electrons. The maximum Gasteiger partial charge on any atom is 0.172 e. The number of phenolic OH excluding ortho intramolecular Hbond substituents is 1. The fourth-order valence-electron chi connectivity index (χ4n) is 1.42. The van der Waals surface area contributed by atoms with Crippen LogP contribution in [0.1, 0.15) is 0 Å². The largest absolute Gasteiger partial charge is 0.504 e. The molecule has 18 heavy (non-hydrogen) atoms. The molecule has 2 rings (SSSR count). The van der Waals surface area contributed by atoms with E-state index in [2.05, 4.69) is 0 Å². The predicted molar refractivity (Wildman–Crippen MR) is 71.2 cm³/mol. The molecule has 5 heteroatoms. The fourth-order valence-corrected chi connectivity index (χ4v) is 1.92. The Kier molecular flexibility index (Phi) is 3.84. The molecule has 0 aliphatic heterocycles. The van der Waals surface area contributed by atoms with Gasteiger partial charge in [-0.2, -0.15) is 0 Å². The van der Waals surface area contributed by atoms with E-state index in [4.69, 9.17) is 32.7 Å². The smallest absolute Gasteiger partial charge is 0.172 e. The first-order valence-electron chi connectivity index (χ1n) is 5.09. The molecule has 0 saturated carbocycles. The molecule has 0 fully saturated rings. The Hall–Kier alpha value is -1.58. The van der Waals surface area contributed by atoms with E-state index in [1.165, 1.54) is 13.2 Å². The maximum atomic E-state index is 9.68. The first-order chi connectivity index (χ1) is 8.58. The predicted octanol–water partition coefficient (Wildman–Crippen LogP) is 4.50. The van der Waals surface area contributed by atoms with Crippen molar-refractivity contribution in [3.63, 3.8) is 0 Å². The quantitative estimate of drug-likeness (QED) is 0.902. The first-order valence-corrected chi connectivity index (χ1v) is 5.85. The Balaban J connectivity index is 2.33. The Labute approximate surface area is 114 Å². The first kappa shape index (κ1) is 12.9. The average molecular weight is 285 g/mol. The third-order valence-corrected chi connectivity index (χ3v) is 2.67. The molecule has 0 aliphatic carbocycles. The zero-order valence-corrected chi connectivity index (χ0v) is 11.0. The van der Waals surface area contributed by atoms with Crippen LogP contribution >= 0.6 is 23.2 Å². The second-order valence-corrected chi connectivity index (χ2v) is 4.41. The van der Waals surface area contributed by atoms with Crippen LogP contribution in [0.4, 0.5) is 0 Å². The highest BCUT2D eigenvalue weighted by Gasteiger charge is 2.07. The maximum absolute atomic E-state index is 9.68. The molecule has 0 aliphatic rings. The van der Waals surface area contributed by atoms with Gasteiger partial charge in [0.1, 0.15) is 11.5 Å². The topological polar surface area (TPSA) is 38.7 Å². The van der Waals surface area contributed by atoms with Crippen LogP contribution in [0.25, 0.3) is 0 Å². The van der Waals surface area contributed by atoms with Gasteiger partial charge < -0.3 is 14.6 Å². The molecule has 0 spiro atoms. The van der Waals surface area contributed by atoms with Gasteiger partial charge in [0, 0.05) is 16.1 Å². The van der Waals surface area contributed by atoms with Gasteiger partial charge in [0.25, 0.3) is 0 Å².